The minimum atomic E-state index is -4.42. The lowest BCUT2D eigenvalue weighted by atomic mass is 10.1. The van der Waals surface area contributed by atoms with Gasteiger partial charge in [0.1, 0.15) is 29.9 Å². The zero-order valence-corrected chi connectivity index (χ0v) is 18.8. The quantitative estimate of drug-likeness (QED) is 0.510. The Labute approximate surface area is 199 Å². The Morgan fingerprint density at radius 3 is 2.63 bits per heavy atom. The summed E-state index contributed by atoms with van der Waals surface area (Å²) in [7, 11) is 0. The Morgan fingerprint density at radius 1 is 1.20 bits per heavy atom. The normalized spacial score (nSPS) is 15.9. The van der Waals surface area contributed by atoms with Gasteiger partial charge in [0.2, 0.25) is 11.8 Å². The standard InChI is InChI=1S/C25H23F3N2O5/c1-15-20(29-23(35-15)17-7-9-18(10-8-17)25(26,27)28)14-34-19-5-2-4-16(12-19)13-22(31)30-11-3-6-21(30)24(32)33/h2,4-5,7-10,12,21H,3,6,11,13-14H2,1H3,(H,32,33). The number of carbonyl (C=O) groups excluding carboxylic acids is 1. The van der Waals surface area contributed by atoms with Gasteiger partial charge in [-0.2, -0.15) is 13.2 Å². The topological polar surface area (TPSA) is 92.9 Å². The second-order valence-corrected chi connectivity index (χ2v) is 8.29. The molecule has 1 aromatic heterocycles. The lowest BCUT2D eigenvalue weighted by Crippen LogP contribution is -2.41. The average Bonchev–Trinajstić information content (AvgIpc) is 3.45. The van der Waals surface area contributed by atoms with Gasteiger partial charge >= 0.3 is 12.1 Å². The van der Waals surface area contributed by atoms with Crippen molar-refractivity contribution in [2.45, 2.75) is 45.0 Å². The van der Waals surface area contributed by atoms with E-state index in [1.807, 2.05) is 0 Å². The summed E-state index contributed by atoms with van der Waals surface area (Å²) in [5, 5.41) is 9.29. The van der Waals surface area contributed by atoms with Crippen LogP contribution in [0.3, 0.4) is 0 Å². The molecule has 4 rings (SSSR count). The summed E-state index contributed by atoms with van der Waals surface area (Å²) in [6, 6.07) is 10.7. The molecule has 1 aliphatic heterocycles. The number of hydrogen-bond acceptors (Lipinski definition) is 5. The maximum atomic E-state index is 12.8. The van der Waals surface area contributed by atoms with Gasteiger partial charge in [-0.3, -0.25) is 4.79 Å². The van der Waals surface area contributed by atoms with Crippen molar-refractivity contribution in [1.29, 1.82) is 0 Å². The summed E-state index contributed by atoms with van der Waals surface area (Å²) in [6.07, 6.45) is -3.25. The number of aromatic nitrogens is 1. The van der Waals surface area contributed by atoms with Gasteiger partial charge in [-0.15, -0.1) is 0 Å². The van der Waals surface area contributed by atoms with Gasteiger partial charge in [0.25, 0.3) is 0 Å². The van der Waals surface area contributed by atoms with Crippen molar-refractivity contribution in [3.8, 4) is 17.2 Å². The van der Waals surface area contributed by atoms with E-state index in [0.29, 0.717) is 47.7 Å². The fourth-order valence-electron chi connectivity index (χ4n) is 3.98. The Hall–Kier alpha value is -3.82. The molecule has 0 aliphatic carbocycles. The first-order valence-corrected chi connectivity index (χ1v) is 11.0. The predicted molar refractivity (Wildman–Crippen MR) is 119 cm³/mol. The number of rotatable bonds is 7. The van der Waals surface area contributed by atoms with Crippen LogP contribution in [0.1, 0.15) is 35.4 Å². The monoisotopic (exact) mass is 488 g/mol. The summed E-state index contributed by atoms with van der Waals surface area (Å²) >= 11 is 0. The van der Waals surface area contributed by atoms with Crippen molar-refractivity contribution in [2.75, 3.05) is 6.54 Å². The van der Waals surface area contributed by atoms with E-state index < -0.39 is 23.8 Å². The number of hydrogen-bond donors (Lipinski definition) is 1. The van der Waals surface area contributed by atoms with E-state index in [0.717, 1.165) is 12.1 Å². The number of ether oxygens (including phenoxy) is 1. The van der Waals surface area contributed by atoms with Gasteiger partial charge < -0.3 is 19.2 Å². The van der Waals surface area contributed by atoms with Crippen LogP contribution >= 0.6 is 0 Å². The number of aryl methyl sites for hydroxylation is 1. The number of carboxylic acids is 1. The predicted octanol–water partition coefficient (Wildman–Crippen LogP) is 4.87. The first-order chi connectivity index (χ1) is 16.6. The molecule has 0 spiro atoms. The molecule has 1 unspecified atom stereocenters. The van der Waals surface area contributed by atoms with Crippen molar-refractivity contribution in [1.82, 2.24) is 9.88 Å². The first-order valence-electron chi connectivity index (χ1n) is 11.0. The number of carbonyl (C=O) groups is 2. The summed E-state index contributed by atoms with van der Waals surface area (Å²) in [6.45, 7) is 2.17. The Morgan fingerprint density at radius 2 is 1.94 bits per heavy atom. The second-order valence-electron chi connectivity index (χ2n) is 8.29. The van der Waals surface area contributed by atoms with Crippen LogP contribution in [0.2, 0.25) is 0 Å². The molecule has 2 aromatic carbocycles. The molecule has 0 saturated carbocycles. The second kappa shape index (κ2) is 9.81. The van der Waals surface area contributed by atoms with E-state index in [4.69, 9.17) is 9.15 Å². The van der Waals surface area contributed by atoms with Crippen molar-refractivity contribution in [3.63, 3.8) is 0 Å². The third-order valence-corrected chi connectivity index (χ3v) is 5.84. The highest BCUT2D eigenvalue weighted by Gasteiger charge is 2.33. The van der Waals surface area contributed by atoms with Crippen LogP contribution in [0, 0.1) is 6.92 Å². The van der Waals surface area contributed by atoms with Crippen molar-refractivity contribution >= 4 is 11.9 Å². The minimum Gasteiger partial charge on any atom is -0.487 e. The fraction of sp³-hybridized carbons (Fsp3) is 0.320. The number of aliphatic carboxylic acids is 1. The number of oxazole rings is 1. The van der Waals surface area contributed by atoms with E-state index >= 15 is 0 Å². The molecule has 1 N–H and O–H groups in total. The molecule has 10 heteroatoms. The van der Waals surface area contributed by atoms with E-state index in [-0.39, 0.29) is 24.8 Å². The summed E-state index contributed by atoms with van der Waals surface area (Å²) in [4.78, 5) is 29.7. The molecule has 184 valence electrons. The maximum absolute atomic E-state index is 12.8. The largest absolute Gasteiger partial charge is 0.487 e. The smallest absolute Gasteiger partial charge is 0.416 e. The number of halogens is 3. The van der Waals surface area contributed by atoms with Gasteiger partial charge in [0, 0.05) is 12.1 Å². The molecule has 1 atom stereocenters. The summed E-state index contributed by atoms with van der Waals surface area (Å²) in [5.41, 5.74) is 0.831. The van der Waals surface area contributed by atoms with Crippen LogP contribution in [0.5, 0.6) is 5.75 Å². The number of alkyl halides is 3. The van der Waals surface area contributed by atoms with Crippen LogP contribution in [0.4, 0.5) is 13.2 Å². The molecular formula is C25H23F3N2O5. The molecule has 1 amide bonds. The lowest BCUT2D eigenvalue weighted by molar-refractivity contribution is -0.148. The van der Waals surface area contributed by atoms with Gasteiger partial charge in [0.05, 0.1) is 12.0 Å². The first kappa shape index (κ1) is 24.3. The number of amides is 1. The Bertz CT molecular complexity index is 1220. The third-order valence-electron chi connectivity index (χ3n) is 5.84. The van der Waals surface area contributed by atoms with Gasteiger partial charge in [-0.1, -0.05) is 12.1 Å². The van der Waals surface area contributed by atoms with E-state index in [1.54, 1.807) is 31.2 Å². The molecule has 1 fully saturated rings. The molecule has 3 aromatic rings. The zero-order valence-electron chi connectivity index (χ0n) is 18.8. The molecule has 2 heterocycles. The van der Waals surface area contributed by atoms with Gasteiger partial charge in [-0.05, 0) is 61.7 Å². The van der Waals surface area contributed by atoms with Crippen LogP contribution < -0.4 is 4.74 Å². The minimum absolute atomic E-state index is 0.0561. The van der Waals surface area contributed by atoms with Crippen LogP contribution in [-0.4, -0.2) is 39.5 Å². The molecule has 7 nitrogen and oxygen atoms in total. The molecule has 1 saturated heterocycles. The van der Waals surface area contributed by atoms with Crippen molar-refractivity contribution in [3.05, 3.63) is 71.1 Å². The number of nitrogens with zero attached hydrogens (tertiary/aromatic N) is 2. The number of likely N-dealkylation sites (tertiary alicyclic amines) is 1. The molecular weight excluding hydrogens is 465 g/mol. The molecule has 0 radical (unpaired) electrons. The Kier molecular flexibility index (Phi) is 6.81. The molecule has 0 bridgehead atoms. The Balaban J connectivity index is 1.40. The van der Waals surface area contributed by atoms with Crippen LogP contribution in [0.25, 0.3) is 11.5 Å². The zero-order chi connectivity index (χ0) is 25.2. The maximum Gasteiger partial charge on any atom is 0.416 e. The highest BCUT2D eigenvalue weighted by Crippen LogP contribution is 2.31. The summed E-state index contributed by atoms with van der Waals surface area (Å²) in [5.74, 6) is -0.0927. The molecule has 1 aliphatic rings. The highest BCUT2D eigenvalue weighted by molar-refractivity contribution is 5.85. The SMILES string of the molecule is Cc1oc(-c2ccc(C(F)(F)F)cc2)nc1COc1cccc(CC(=O)N2CCCC2C(=O)O)c1. The highest BCUT2D eigenvalue weighted by atomic mass is 19.4. The fourth-order valence-corrected chi connectivity index (χ4v) is 3.98. The van der Waals surface area contributed by atoms with E-state index in [1.165, 1.54) is 17.0 Å². The van der Waals surface area contributed by atoms with E-state index in [9.17, 15) is 27.9 Å². The van der Waals surface area contributed by atoms with Crippen LogP contribution in [-0.2, 0) is 28.8 Å². The van der Waals surface area contributed by atoms with Crippen LogP contribution in [0.15, 0.2) is 52.9 Å². The number of benzene rings is 2. The van der Waals surface area contributed by atoms with Crippen molar-refractivity contribution < 1.29 is 37.0 Å². The van der Waals surface area contributed by atoms with Gasteiger partial charge in [0.15, 0.2) is 0 Å². The third kappa shape index (κ3) is 5.64. The number of carboxylic acid groups (broad SMARTS) is 1. The lowest BCUT2D eigenvalue weighted by Gasteiger charge is -2.21. The van der Waals surface area contributed by atoms with E-state index in [2.05, 4.69) is 4.98 Å². The molecule has 35 heavy (non-hydrogen) atoms. The van der Waals surface area contributed by atoms with Gasteiger partial charge in [-0.25, -0.2) is 9.78 Å². The van der Waals surface area contributed by atoms with Crippen molar-refractivity contribution in [2.24, 2.45) is 0 Å². The average molecular weight is 488 g/mol. The summed E-state index contributed by atoms with van der Waals surface area (Å²) < 4.78 is 49.7.